The van der Waals surface area contributed by atoms with Crippen LogP contribution in [0.5, 0.6) is 5.75 Å². The first kappa shape index (κ1) is 12.4. The summed E-state index contributed by atoms with van der Waals surface area (Å²) in [5, 5.41) is 0. The van der Waals surface area contributed by atoms with Gasteiger partial charge < -0.3 is 4.74 Å². The van der Waals surface area contributed by atoms with Crippen LogP contribution in [0.15, 0.2) is 22.7 Å². The Balaban J connectivity index is 2.06. The average molecular weight is 348 g/mol. The second-order valence-corrected chi connectivity index (χ2v) is 6.35. The van der Waals surface area contributed by atoms with E-state index in [1.807, 2.05) is 12.1 Å². The van der Waals surface area contributed by atoms with E-state index in [2.05, 4.69) is 37.9 Å². The normalized spacial score (nSPS) is 17.9. The van der Waals surface area contributed by atoms with Crippen LogP contribution < -0.4 is 4.74 Å². The van der Waals surface area contributed by atoms with Crippen molar-refractivity contribution in [3.8, 4) is 5.75 Å². The van der Waals surface area contributed by atoms with Gasteiger partial charge in [-0.05, 0) is 30.0 Å². The molecular formula is C13H16Br2O. The van der Waals surface area contributed by atoms with E-state index in [1.54, 1.807) is 7.11 Å². The van der Waals surface area contributed by atoms with Crippen molar-refractivity contribution in [1.29, 1.82) is 0 Å². The van der Waals surface area contributed by atoms with Crippen LogP contribution in [0.2, 0.25) is 0 Å². The van der Waals surface area contributed by atoms with E-state index in [-0.39, 0.29) is 0 Å². The van der Waals surface area contributed by atoms with Gasteiger partial charge in [0.2, 0.25) is 0 Å². The number of ether oxygens (including phenoxy) is 1. The van der Waals surface area contributed by atoms with Crippen molar-refractivity contribution in [2.75, 3.05) is 7.11 Å². The van der Waals surface area contributed by atoms with Crippen molar-refractivity contribution < 1.29 is 4.74 Å². The van der Waals surface area contributed by atoms with Crippen LogP contribution in [-0.4, -0.2) is 7.11 Å². The third kappa shape index (κ3) is 2.80. The van der Waals surface area contributed by atoms with Crippen LogP contribution in [-0.2, 0) is 0 Å². The number of benzene rings is 1. The Morgan fingerprint density at radius 3 is 2.69 bits per heavy atom. The lowest BCUT2D eigenvalue weighted by molar-refractivity contribution is 0.295. The van der Waals surface area contributed by atoms with Gasteiger partial charge in [-0.1, -0.05) is 57.2 Å². The van der Waals surface area contributed by atoms with Gasteiger partial charge in [-0.25, -0.2) is 0 Å². The smallest absolute Gasteiger partial charge is 0.120 e. The van der Waals surface area contributed by atoms with Crippen LogP contribution in [0.3, 0.4) is 0 Å². The number of hydrogen-bond donors (Lipinski definition) is 0. The summed E-state index contributed by atoms with van der Waals surface area (Å²) in [7, 11) is 1.70. The van der Waals surface area contributed by atoms with Gasteiger partial charge in [0.15, 0.2) is 0 Å². The highest BCUT2D eigenvalue weighted by Gasteiger charge is 2.22. The summed E-state index contributed by atoms with van der Waals surface area (Å²) >= 11 is 7.40. The molecule has 3 heteroatoms. The molecule has 1 aromatic carbocycles. The number of methoxy groups -OCH3 is 1. The lowest BCUT2D eigenvalue weighted by Crippen LogP contribution is -2.12. The van der Waals surface area contributed by atoms with Gasteiger partial charge in [-0.3, -0.25) is 0 Å². The summed E-state index contributed by atoms with van der Waals surface area (Å²) < 4.78 is 6.33. The summed E-state index contributed by atoms with van der Waals surface area (Å²) in [6.07, 6.45) is 5.45. The Kier molecular flexibility index (Phi) is 4.31. The minimum atomic E-state index is 0.457. The van der Waals surface area contributed by atoms with Crippen molar-refractivity contribution in [2.45, 2.75) is 30.5 Å². The van der Waals surface area contributed by atoms with Gasteiger partial charge in [0.05, 0.1) is 7.11 Å². The maximum atomic E-state index is 5.20. The third-order valence-electron chi connectivity index (χ3n) is 3.31. The molecule has 1 fully saturated rings. The Labute approximate surface area is 114 Å². The van der Waals surface area contributed by atoms with E-state index in [9.17, 15) is 0 Å². The van der Waals surface area contributed by atoms with E-state index < -0.39 is 0 Å². The third-order valence-corrected chi connectivity index (χ3v) is 4.86. The van der Waals surface area contributed by atoms with E-state index in [1.165, 1.54) is 31.2 Å². The Bertz CT molecular complexity index is 361. The fourth-order valence-corrected chi connectivity index (χ4v) is 3.91. The molecule has 0 heterocycles. The highest BCUT2D eigenvalue weighted by Crippen LogP contribution is 2.41. The molecule has 88 valence electrons. The van der Waals surface area contributed by atoms with Gasteiger partial charge in [0.1, 0.15) is 5.75 Å². The quantitative estimate of drug-likeness (QED) is 0.690. The number of hydrogen-bond acceptors (Lipinski definition) is 1. The molecule has 0 spiro atoms. The summed E-state index contributed by atoms with van der Waals surface area (Å²) in [4.78, 5) is 0.457. The van der Waals surface area contributed by atoms with Crippen LogP contribution in [0.4, 0.5) is 0 Å². The molecule has 1 aliphatic carbocycles. The van der Waals surface area contributed by atoms with Crippen molar-refractivity contribution in [3.63, 3.8) is 0 Å². The zero-order valence-electron chi connectivity index (χ0n) is 9.38. The molecule has 0 N–H and O–H groups in total. The van der Waals surface area contributed by atoms with Gasteiger partial charge in [0.25, 0.3) is 0 Å². The molecule has 1 unspecified atom stereocenters. The molecule has 0 amide bonds. The van der Waals surface area contributed by atoms with E-state index in [4.69, 9.17) is 4.74 Å². The zero-order chi connectivity index (χ0) is 11.5. The van der Waals surface area contributed by atoms with Crippen LogP contribution in [0.25, 0.3) is 0 Å². The van der Waals surface area contributed by atoms with Gasteiger partial charge in [-0.15, -0.1) is 0 Å². The lowest BCUT2D eigenvalue weighted by Gasteiger charge is -2.28. The number of rotatable bonds is 4. The first-order chi connectivity index (χ1) is 7.70. The molecule has 0 radical (unpaired) electrons. The highest BCUT2D eigenvalue weighted by atomic mass is 79.9. The van der Waals surface area contributed by atoms with Crippen molar-refractivity contribution in [2.24, 2.45) is 5.92 Å². The van der Waals surface area contributed by atoms with Crippen molar-refractivity contribution in [3.05, 3.63) is 28.2 Å². The molecule has 16 heavy (non-hydrogen) atoms. The molecular weight excluding hydrogens is 332 g/mol. The van der Waals surface area contributed by atoms with E-state index in [0.717, 1.165) is 16.1 Å². The first-order valence-corrected chi connectivity index (χ1v) is 7.39. The van der Waals surface area contributed by atoms with Crippen molar-refractivity contribution >= 4 is 31.9 Å². The molecule has 1 aliphatic rings. The summed E-state index contributed by atoms with van der Waals surface area (Å²) in [5.74, 6) is 1.82. The van der Waals surface area contributed by atoms with Crippen molar-refractivity contribution in [1.82, 2.24) is 0 Å². The second kappa shape index (κ2) is 5.54. The minimum Gasteiger partial charge on any atom is -0.497 e. The summed E-state index contributed by atoms with van der Waals surface area (Å²) in [5.41, 5.74) is 1.33. The molecule has 1 aromatic rings. The SMILES string of the molecule is COc1ccc(C(Br)CC2CCC2)c(Br)c1. The average Bonchev–Trinajstić information content (AvgIpc) is 2.23. The Morgan fingerprint density at radius 1 is 1.44 bits per heavy atom. The Morgan fingerprint density at radius 2 is 2.19 bits per heavy atom. The van der Waals surface area contributed by atoms with E-state index >= 15 is 0 Å². The predicted octanol–water partition coefficient (Wildman–Crippen LogP) is 5.08. The number of halogens is 2. The minimum absolute atomic E-state index is 0.457. The standard InChI is InChI=1S/C13H16Br2O/c1-16-10-5-6-11(13(15)8-10)12(14)7-9-3-2-4-9/h5-6,8-9,12H,2-4,7H2,1H3. The molecule has 2 rings (SSSR count). The van der Waals surface area contributed by atoms with Crippen LogP contribution in [0, 0.1) is 5.92 Å². The van der Waals surface area contributed by atoms with Crippen LogP contribution >= 0.6 is 31.9 Å². The summed E-state index contributed by atoms with van der Waals surface area (Å²) in [6.45, 7) is 0. The monoisotopic (exact) mass is 346 g/mol. The van der Waals surface area contributed by atoms with Gasteiger partial charge >= 0.3 is 0 Å². The molecule has 1 atom stereocenters. The second-order valence-electron chi connectivity index (χ2n) is 4.39. The fourth-order valence-electron chi connectivity index (χ4n) is 2.04. The molecule has 0 aromatic heterocycles. The molecule has 1 saturated carbocycles. The molecule has 0 aliphatic heterocycles. The predicted molar refractivity (Wildman–Crippen MR) is 74.3 cm³/mol. The lowest BCUT2D eigenvalue weighted by atomic mass is 9.81. The van der Waals surface area contributed by atoms with Gasteiger partial charge in [0, 0.05) is 9.30 Å². The summed E-state index contributed by atoms with van der Waals surface area (Å²) in [6, 6.07) is 6.19. The Hall–Kier alpha value is -0.0200. The maximum Gasteiger partial charge on any atom is 0.120 e. The highest BCUT2D eigenvalue weighted by molar-refractivity contribution is 9.11. The largest absolute Gasteiger partial charge is 0.497 e. The van der Waals surface area contributed by atoms with Crippen LogP contribution in [0.1, 0.15) is 36.1 Å². The number of alkyl halides is 1. The zero-order valence-corrected chi connectivity index (χ0v) is 12.6. The molecule has 0 bridgehead atoms. The van der Waals surface area contributed by atoms with E-state index in [0.29, 0.717) is 4.83 Å². The topological polar surface area (TPSA) is 9.23 Å². The first-order valence-electron chi connectivity index (χ1n) is 5.68. The maximum absolute atomic E-state index is 5.20. The van der Waals surface area contributed by atoms with Gasteiger partial charge in [-0.2, -0.15) is 0 Å². The molecule has 0 saturated heterocycles. The molecule has 1 nitrogen and oxygen atoms in total. The fraction of sp³-hybridized carbons (Fsp3) is 0.538.